The van der Waals surface area contributed by atoms with E-state index in [4.69, 9.17) is 4.74 Å². The zero-order valence-corrected chi connectivity index (χ0v) is 15.5. The van der Waals surface area contributed by atoms with Gasteiger partial charge in [-0.1, -0.05) is 34.2 Å². The Morgan fingerprint density at radius 2 is 2.25 bits per heavy atom. The molecule has 0 N–H and O–H groups in total. The molecule has 1 aromatic carbocycles. The fraction of sp³-hybridized carbons (Fsp3) is 0.250. The van der Waals surface area contributed by atoms with Gasteiger partial charge < -0.3 is 4.74 Å². The van der Waals surface area contributed by atoms with E-state index in [9.17, 15) is 9.59 Å². The first kappa shape index (κ1) is 16.8. The molecule has 0 fully saturated rings. The van der Waals surface area contributed by atoms with Crippen LogP contribution in [0.4, 0.5) is 0 Å². The summed E-state index contributed by atoms with van der Waals surface area (Å²) in [5.74, 6) is 0.660. The van der Waals surface area contributed by atoms with Gasteiger partial charge in [-0.3, -0.25) is 9.59 Å². The quantitative estimate of drug-likeness (QED) is 0.490. The number of halogens is 1. The van der Waals surface area contributed by atoms with E-state index in [1.165, 1.54) is 22.8 Å². The third-order valence-electron chi connectivity index (χ3n) is 3.21. The first-order valence-electron chi connectivity index (χ1n) is 7.36. The van der Waals surface area contributed by atoms with Crippen LogP contribution in [0.2, 0.25) is 0 Å². The summed E-state index contributed by atoms with van der Waals surface area (Å²) in [6.45, 7) is 3.37. The van der Waals surface area contributed by atoms with Gasteiger partial charge in [0.25, 0.3) is 5.56 Å². The van der Waals surface area contributed by atoms with Gasteiger partial charge in [-0.05, 0) is 30.7 Å². The molecule has 0 bridgehead atoms. The van der Waals surface area contributed by atoms with Crippen molar-refractivity contribution in [1.29, 1.82) is 0 Å². The number of esters is 1. The molecule has 124 valence electrons. The Kier molecular flexibility index (Phi) is 4.77. The van der Waals surface area contributed by atoms with Crippen LogP contribution in [0.25, 0.3) is 11.0 Å². The van der Waals surface area contributed by atoms with Gasteiger partial charge in [0.2, 0.25) is 4.96 Å². The van der Waals surface area contributed by atoms with Crippen molar-refractivity contribution in [1.82, 2.24) is 14.6 Å². The summed E-state index contributed by atoms with van der Waals surface area (Å²) in [6, 6.07) is 5.24. The molecular formula is C16H14BrN3O3S. The normalized spacial score (nSPS) is 12.0. The van der Waals surface area contributed by atoms with Gasteiger partial charge in [-0.15, -0.1) is 5.10 Å². The average molecular weight is 408 g/mol. The molecule has 3 aromatic rings. The van der Waals surface area contributed by atoms with E-state index in [1.807, 2.05) is 6.92 Å². The maximum absolute atomic E-state index is 12.5. The molecule has 0 aliphatic heterocycles. The molecule has 0 saturated heterocycles. The van der Waals surface area contributed by atoms with Crippen molar-refractivity contribution in [3.05, 3.63) is 48.9 Å². The fourth-order valence-corrected chi connectivity index (χ4v) is 3.52. The minimum absolute atomic E-state index is 0.224. The van der Waals surface area contributed by atoms with Crippen molar-refractivity contribution < 1.29 is 9.53 Å². The third-order valence-corrected chi connectivity index (χ3v) is 4.66. The lowest BCUT2D eigenvalue weighted by Gasteiger charge is -2.05. The Morgan fingerprint density at radius 3 is 2.92 bits per heavy atom. The minimum atomic E-state index is -0.416. The molecule has 0 radical (unpaired) electrons. The Bertz CT molecular complexity index is 1030. The molecule has 0 aliphatic carbocycles. The molecule has 0 saturated carbocycles. The number of aromatic nitrogens is 3. The zero-order valence-electron chi connectivity index (χ0n) is 13.1. The number of hydrogen-bond donors (Lipinski definition) is 0. The predicted molar refractivity (Wildman–Crippen MR) is 95.4 cm³/mol. The number of rotatable bonds is 4. The maximum Gasteiger partial charge on any atom is 0.308 e. The largest absolute Gasteiger partial charge is 0.426 e. The second-order valence-corrected chi connectivity index (χ2v) is 7.09. The molecule has 3 rings (SSSR count). The molecule has 0 unspecified atom stereocenters. The van der Waals surface area contributed by atoms with E-state index in [0.717, 1.165) is 17.3 Å². The number of nitrogens with zero attached hydrogens (tertiary/aromatic N) is 3. The standard InChI is InChI=1S/C16H14BrN3O3S/c1-3-4-14-18-16-20(19-14)15(22)13(24-16)8-10-7-11(17)5-6-12(10)23-9(2)21/h5-8H,3-4H2,1-2H3/b13-8-. The van der Waals surface area contributed by atoms with Gasteiger partial charge in [-0.25, -0.2) is 4.98 Å². The van der Waals surface area contributed by atoms with Gasteiger partial charge in [0, 0.05) is 23.4 Å². The molecule has 6 nitrogen and oxygen atoms in total. The highest BCUT2D eigenvalue weighted by molar-refractivity contribution is 9.10. The van der Waals surface area contributed by atoms with Crippen molar-refractivity contribution in [3.63, 3.8) is 0 Å². The van der Waals surface area contributed by atoms with Gasteiger partial charge >= 0.3 is 5.97 Å². The number of fused-ring (bicyclic) bond motifs is 1. The molecular weight excluding hydrogens is 394 g/mol. The monoisotopic (exact) mass is 407 g/mol. The van der Waals surface area contributed by atoms with Crippen molar-refractivity contribution in [2.24, 2.45) is 0 Å². The number of benzene rings is 1. The molecule has 2 heterocycles. The molecule has 24 heavy (non-hydrogen) atoms. The molecule has 2 aromatic heterocycles. The van der Waals surface area contributed by atoms with Gasteiger partial charge in [-0.2, -0.15) is 4.52 Å². The number of hydrogen-bond acceptors (Lipinski definition) is 6. The van der Waals surface area contributed by atoms with Crippen molar-refractivity contribution in [2.75, 3.05) is 0 Å². The van der Waals surface area contributed by atoms with Crippen LogP contribution in [0.5, 0.6) is 5.75 Å². The molecule has 0 aliphatic rings. The maximum atomic E-state index is 12.5. The Labute approximate surface area is 149 Å². The number of thiazole rings is 1. The average Bonchev–Trinajstić information content (AvgIpc) is 3.02. The second kappa shape index (κ2) is 6.82. The van der Waals surface area contributed by atoms with E-state index in [0.29, 0.717) is 26.6 Å². The van der Waals surface area contributed by atoms with E-state index in [2.05, 4.69) is 26.0 Å². The van der Waals surface area contributed by atoms with Crippen LogP contribution in [-0.2, 0) is 11.2 Å². The molecule has 8 heteroatoms. The van der Waals surface area contributed by atoms with Crippen molar-refractivity contribution in [3.8, 4) is 5.75 Å². The molecule has 0 atom stereocenters. The second-order valence-electron chi connectivity index (χ2n) is 5.16. The van der Waals surface area contributed by atoms with E-state index in [1.54, 1.807) is 24.3 Å². The highest BCUT2D eigenvalue weighted by Crippen LogP contribution is 2.24. The van der Waals surface area contributed by atoms with Crippen LogP contribution in [0, 0.1) is 0 Å². The zero-order chi connectivity index (χ0) is 17.3. The molecule has 0 amide bonds. The number of carbonyl (C=O) groups excluding carboxylic acids is 1. The summed E-state index contributed by atoms with van der Waals surface area (Å²) in [6.07, 6.45) is 3.36. The van der Waals surface area contributed by atoms with E-state index in [-0.39, 0.29) is 5.56 Å². The Balaban J connectivity index is 2.11. The van der Waals surface area contributed by atoms with Crippen LogP contribution in [0.3, 0.4) is 0 Å². The van der Waals surface area contributed by atoms with Gasteiger partial charge in [0.1, 0.15) is 5.75 Å². The lowest BCUT2D eigenvalue weighted by Crippen LogP contribution is -2.24. The Morgan fingerprint density at radius 1 is 1.46 bits per heavy atom. The number of aryl methyl sites for hydroxylation is 1. The lowest BCUT2D eigenvalue weighted by atomic mass is 10.2. The molecule has 0 spiro atoms. The first-order valence-corrected chi connectivity index (χ1v) is 8.97. The minimum Gasteiger partial charge on any atom is -0.426 e. The first-order chi connectivity index (χ1) is 11.5. The van der Waals surface area contributed by atoms with E-state index < -0.39 is 5.97 Å². The smallest absolute Gasteiger partial charge is 0.308 e. The summed E-state index contributed by atoms with van der Waals surface area (Å²) < 4.78 is 7.82. The lowest BCUT2D eigenvalue weighted by molar-refractivity contribution is -0.131. The fourth-order valence-electron chi connectivity index (χ4n) is 2.22. The van der Waals surface area contributed by atoms with Crippen LogP contribution in [0.15, 0.2) is 27.5 Å². The van der Waals surface area contributed by atoms with Gasteiger partial charge in [0.05, 0.1) is 4.53 Å². The number of ether oxygens (including phenoxy) is 1. The highest BCUT2D eigenvalue weighted by Gasteiger charge is 2.11. The summed E-state index contributed by atoms with van der Waals surface area (Å²) >= 11 is 4.65. The van der Waals surface area contributed by atoms with Crippen LogP contribution < -0.4 is 14.8 Å². The SMILES string of the molecule is CCCc1nc2s/c(=C\c3cc(Br)ccc3OC(C)=O)c(=O)n2n1. The van der Waals surface area contributed by atoms with Crippen molar-refractivity contribution in [2.45, 2.75) is 26.7 Å². The van der Waals surface area contributed by atoms with E-state index >= 15 is 0 Å². The van der Waals surface area contributed by atoms with Gasteiger partial charge in [0.15, 0.2) is 5.82 Å². The van der Waals surface area contributed by atoms with Crippen LogP contribution in [0.1, 0.15) is 31.7 Å². The topological polar surface area (TPSA) is 73.6 Å². The summed E-state index contributed by atoms with van der Waals surface area (Å²) in [7, 11) is 0. The van der Waals surface area contributed by atoms with Crippen LogP contribution in [-0.4, -0.2) is 20.6 Å². The summed E-state index contributed by atoms with van der Waals surface area (Å²) in [5.41, 5.74) is 0.411. The van der Waals surface area contributed by atoms with Crippen molar-refractivity contribution >= 4 is 44.3 Å². The highest BCUT2D eigenvalue weighted by atomic mass is 79.9. The summed E-state index contributed by atoms with van der Waals surface area (Å²) in [5, 5.41) is 4.24. The third kappa shape index (κ3) is 3.39. The van der Waals surface area contributed by atoms with Crippen LogP contribution >= 0.6 is 27.3 Å². The Hall–Kier alpha value is -2.06. The summed E-state index contributed by atoms with van der Waals surface area (Å²) in [4.78, 5) is 28.7. The number of carbonyl (C=O) groups is 1. The predicted octanol–water partition coefficient (Wildman–Crippen LogP) is 2.34.